The van der Waals surface area contributed by atoms with Gasteiger partial charge in [-0.15, -0.1) is 0 Å². The van der Waals surface area contributed by atoms with E-state index in [1.165, 1.54) is 18.1 Å². The minimum Gasteiger partial charge on any atom is -0.472 e. The number of allylic oxidation sites excluding steroid dienone is 5. The maximum Gasteiger partial charge on any atom is 0.303 e. The molecule has 0 fully saturated rings. The number of furan rings is 2. The van der Waals surface area contributed by atoms with Crippen LogP contribution in [0.25, 0.3) is 0 Å². The predicted octanol–water partition coefficient (Wildman–Crippen LogP) is 5.82. The fraction of sp³-hybridized carbons (Fsp3) is 0.348. The highest BCUT2D eigenvalue weighted by atomic mass is 16.5. The average Bonchev–Trinajstić information content (AvgIpc) is 3.28. The molecular weight excluding hydrogens is 340 g/mol. The van der Waals surface area contributed by atoms with Gasteiger partial charge >= 0.3 is 5.97 Å². The molecule has 0 spiro atoms. The fourth-order valence-corrected chi connectivity index (χ4v) is 2.77. The van der Waals surface area contributed by atoms with E-state index in [0.29, 0.717) is 6.42 Å². The van der Waals surface area contributed by atoms with Gasteiger partial charge in [0.1, 0.15) is 6.10 Å². The van der Waals surface area contributed by atoms with Crippen LogP contribution in [-0.2, 0) is 22.4 Å². The molecule has 0 radical (unpaired) electrons. The van der Waals surface area contributed by atoms with Crippen LogP contribution in [0, 0.1) is 0 Å². The number of ether oxygens (including phenoxy) is 1. The van der Waals surface area contributed by atoms with Crippen LogP contribution in [0.15, 0.2) is 81.5 Å². The first-order valence-electron chi connectivity index (χ1n) is 9.23. The monoisotopic (exact) mass is 368 g/mol. The third-order valence-corrected chi connectivity index (χ3v) is 4.10. The lowest BCUT2D eigenvalue weighted by molar-refractivity contribution is -0.144. The van der Waals surface area contributed by atoms with Gasteiger partial charge in [0.25, 0.3) is 0 Å². The molecule has 2 aromatic heterocycles. The second kappa shape index (κ2) is 11.1. The number of aryl methyl sites for hydroxylation is 1. The van der Waals surface area contributed by atoms with Crippen molar-refractivity contribution in [3.8, 4) is 0 Å². The zero-order valence-electron chi connectivity index (χ0n) is 16.3. The van der Waals surface area contributed by atoms with E-state index in [-0.39, 0.29) is 12.1 Å². The molecule has 0 aromatic carbocycles. The quantitative estimate of drug-likeness (QED) is 0.301. The molecule has 2 rings (SSSR count). The smallest absolute Gasteiger partial charge is 0.303 e. The predicted molar refractivity (Wildman–Crippen MR) is 106 cm³/mol. The van der Waals surface area contributed by atoms with E-state index >= 15 is 0 Å². The maximum atomic E-state index is 11.4. The van der Waals surface area contributed by atoms with E-state index < -0.39 is 0 Å². The maximum absolute atomic E-state index is 11.4. The van der Waals surface area contributed by atoms with Crippen molar-refractivity contribution in [1.82, 2.24) is 0 Å². The van der Waals surface area contributed by atoms with Crippen LogP contribution in [0.4, 0.5) is 0 Å². The van der Waals surface area contributed by atoms with Crippen LogP contribution >= 0.6 is 0 Å². The molecule has 0 bridgehead atoms. The second-order valence-electron chi connectivity index (χ2n) is 6.72. The fourth-order valence-electron chi connectivity index (χ4n) is 2.77. The van der Waals surface area contributed by atoms with Crippen LogP contribution < -0.4 is 0 Å². The van der Waals surface area contributed by atoms with E-state index in [0.717, 1.165) is 30.4 Å². The van der Waals surface area contributed by atoms with Gasteiger partial charge in [-0.1, -0.05) is 29.4 Å². The molecule has 144 valence electrons. The van der Waals surface area contributed by atoms with Crippen molar-refractivity contribution in [3.05, 3.63) is 83.8 Å². The van der Waals surface area contributed by atoms with Crippen LogP contribution in [0.2, 0.25) is 0 Å². The standard InChI is InChI=1S/C23H28O4/c1-18(7-5-9-21-10-12-25-16-21)6-4-8-19(2)14-23(27-20(3)24)15-22-11-13-26-17-22/h4,6-7,10-14,16-17,23H,5,8-9,15H2,1-3H3/t23-/m1/s1. The van der Waals surface area contributed by atoms with E-state index in [2.05, 4.69) is 25.2 Å². The first-order valence-corrected chi connectivity index (χ1v) is 9.23. The molecule has 0 N–H and O–H groups in total. The summed E-state index contributed by atoms with van der Waals surface area (Å²) < 4.78 is 15.6. The third kappa shape index (κ3) is 8.45. The molecule has 0 aliphatic rings. The SMILES string of the molecule is CC(=O)O[C@H](C=C(C)CC=CC(C)=CCCc1ccoc1)Cc1ccoc1. The minimum absolute atomic E-state index is 0.278. The van der Waals surface area contributed by atoms with Gasteiger partial charge in [0, 0.05) is 13.3 Å². The lowest BCUT2D eigenvalue weighted by Gasteiger charge is -2.13. The van der Waals surface area contributed by atoms with Crippen molar-refractivity contribution in [2.45, 2.75) is 52.6 Å². The Morgan fingerprint density at radius 1 is 1.11 bits per heavy atom. The van der Waals surface area contributed by atoms with Crippen molar-refractivity contribution in [1.29, 1.82) is 0 Å². The Morgan fingerprint density at radius 3 is 2.44 bits per heavy atom. The molecule has 27 heavy (non-hydrogen) atoms. The Balaban J connectivity index is 1.83. The molecule has 2 aromatic rings. The number of hydrogen-bond acceptors (Lipinski definition) is 4. The first-order chi connectivity index (χ1) is 13.0. The number of carbonyl (C=O) groups excluding carboxylic acids is 1. The average molecular weight is 368 g/mol. The summed E-state index contributed by atoms with van der Waals surface area (Å²) in [6.45, 7) is 5.59. The molecule has 1 atom stereocenters. The Labute approximate surface area is 161 Å². The van der Waals surface area contributed by atoms with E-state index in [1.807, 2.05) is 25.1 Å². The molecule has 0 aliphatic carbocycles. The van der Waals surface area contributed by atoms with Crippen molar-refractivity contribution in [2.75, 3.05) is 0 Å². The Morgan fingerprint density at radius 2 is 1.81 bits per heavy atom. The molecule has 0 unspecified atom stereocenters. The third-order valence-electron chi connectivity index (χ3n) is 4.10. The molecule has 4 nitrogen and oxygen atoms in total. The molecule has 0 saturated heterocycles. The molecule has 2 heterocycles. The normalized spacial score (nSPS) is 13.9. The van der Waals surface area contributed by atoms with Crippen LogP contribution in [0.5, 0.6) is 0 Å². The Hall–Kier alpha value is -2.75. The summed E-state index contributed by atoms with van der Waals surface area (Å²) in [7, 11) is 0. The summed E-state index contributed by atoms with van der Waals surface area (Å²) in [5.74, 6) is -0.278. The summed E-state index contributed by atoms with van der Waals surface area (Å²) in [6.07, 6.45) is 18.4. The van der Waals surface area contributed by atoms with E-state index in [9.17, 15) is 4.79 Å². The van der Waals surface area contributed by atoms with Gasteiger partial charge < -0.3 is 13.6 Å². The van der Waals surface area contributed by atoms with Gasteiger partial charge in [-0.05, 0) is 62.4 Å². The molecule has 4 heteroatoms. The number of esters is 1. The topological polar surface area (TPSA) is 52.6 Å². The number of rotatable bonds is 10. The summed E-state index contributed by atoms with van der Waals surface area (Å²) in [6, 6.07) is 3.88. The highest BCUT2D eigenvalue weighted by Crippen LogP contribution is 2.13. The van der Waals surface area contributed by atoms with Gasteiger partial charge in [0.15, 0.2) is 0 Å². The molecule has 0 aliphatic heterocycles. The summed E-state index contributed by atoms with van der Waals surface area (Å²) in [5, 5.41) is 0. The van der Waals surface area contributed by atoms with Crippen LogP contribution in [0.3, 0.4) is 0 Å². The highest BCUT2D eigenvalue weighted by Gasteiger charge is 2.11. The van der Waals surface area contributed by atoms with Crippen molar-refractivity contribution in [3.63, 3.8) is 0 Å². The number of carbonyl (C=O) groups is 1. The van der Waals surface area contributed by atoms with Gasteiger partial charge in [-0.2, -0.15) is 0 Å². The summed E-state index contributed by atoms with van der Waals surface area (Å²) in [5.41, 5.74) is 4.63. The Bertz CT molecular complexity index is 761. The van der Waals surface area contributed by atoms with Crippen molar-refractivity contribution < 1.29 is 18.4 Å². The van der Waals surface area contributed by atoms with Crippen molar-refractivity contribution >= 4 is 5.97 Å². The van der Waals surface area contributed by atoms with Crippen molar-refractivity contribution in [2.24, 2.45) is 0 Å². The van der Waals surface area contributed by atoms with Gasteiger partial charge in [-0.3, -0.25) is 4.79 Å². The van der Waals surface area contributed by atoms with Gasteiger partial charge in [0.2, 0.25) is 0 Å². The largest absolute Gasteiger partial charge is 0.472 e. The summed E-state index contributed by atoms with van der Waals surface area (Å²) in [4.78, 5) is 11.4. The highest BCUT2D eigenvalue weighted by molar-refractivity contribution is 5.66. The lowest BCUT2D eigenvalue weighted by atomic mass is 10.1. The second-order valence-corrected chi connectivity index (χ2v) is 6.72. The molecule has 0 amide bonds. The zero-order valence-corrected chi connectivity index (χ0v) is 16.3. The van der Waals surface area contributed by atoms with Gasteiger partial charge in [-0.25, -0.2) is 0 Å². The number of hydrogen-bond donors (Lipinski definition) is 0. The minimum atomic E-state index is -0.278. The Kier molecular flexibility index (Phi) is 8.43. The lowest BCUT2D eigenvalue weighted by Crippen LogP contribution is -2.16. The van der Waals surface area contributed by atoms with E-state index in [4.69, 9.17) is 13.6 Å². The van der Waals surface area contributed by atoms with Crippen LogP contribution in [0.1, 0.15) is 44.7 Å². The van der Waals surface area contributed by atoms with E-state index in [1.54, 1.807) is 25.1 Å². The van der Waals surface area contributed by atoms with Gasteiger partial charge in [0.05, 0.1) is 25.1 Å². The molecular formula is C23H28O4. The van der Waals surface area contributed by atoms with Crippen LogP contribution in [-0.4, -0.2) is 12.1 Å². The summed E-state index contributed by atoms with van der Waals surface area (Å²) >= 11 is 0. The molecule has 0 saturated carbocycles. The first kappa shape index (κ1) is 20.6. The zero-order chi connectivity index (χ0) is 19.5.